The fourth-order valence-corrected chi connectivity index (χ4v) is 1.22. The second-order valence-electron chi connectivity index (χ2n) is 3.09. The Kier molecular flexibility index (Phi) is 3.29. The minimum Gasteiger partial charge on any atom is -0.313 e. The van der Waals surface area contributed by atoms with Crippen molar-refractivity contribution in [1.82, 2.24) is 15.1 Å². The first-order valence-electron chi connectivity index (χ1n) is 4.44. The molecule has 68 valence electrons. The molecule has 0 unspecified atom stereocenters. The third-order valence-electron chi connectivity index (χ3n) is 1.86. The van der Waals surface area contributed by atoms with E-state index in [0.29, 0.717) is 0 Å². The summed E-state index contributed by atoms with van der Waals surface area (Å²) in [7, 11) is 1.95. The molecule has 1 rings (SSSR count). The van der Waals surface area contributed by atoms with E-state index < -0.39 is 0 Å². The SMILES string of the molecule is CCCNCc1cn(C)nc1C. The first kappa shape index (κ1) is 9.26. The van der Waals surface area contributed by atoms with Crippen LogP contribution < -0.4 is 5.32 Å². The van der Waals surface area contributed by atoms with Crippen LogP contribution in [-0.2, 0) is 13.6 Å². The van der Waals surface area contributed by atoms with E-state index in [4.69, 9.17) is 0 Å². The zero-order valence-electron chi connectivity index (χ0n) is 8.09. The van der Waals surface area contributed by atoms with Crippen LogP contribution >= 0.6 is 0 Å². The van der Waals surface area contributed by atoms with Gasteiger partial charge in [-0.2, -0.15) is 5.10 Å². The Hall–Kier alpha value is -0.830. The lowest BCUT2D eigenvalue weighted by Gasteiger charge is -1.99. The summed E-state index contributed by atoms with van der Waals surface area (Å²) in [6.07, 6.45) is 3.25. The van der Waals surface area contributed by atoms with Crippen molar-refractivity contribution in [3.63, 3.8) is 0 Å². The van der Waals surface area contributed by atoms with Crippen molar-refractivity contribution in [2.45, 2.75) is 26.8 Å². The Morgan fingerprint density at radius 1 is 1.58 bits per heavy atom. The van der Waals surface area contributed by atoms with Crippen LogP contribution in [0.2, 0.25) is 0 Å². The molecule has 0 aromatic carbocycles. The van der Waals surface area contributed by atoms with Gasteiger partial charge in [0.25, 0.3) is 0 Å². The molecule has 1 aromatic heterocycles. The van der Waals surface area contributed by atoms with Gasteiger partial charge in [0.15, 0.2) is 0 Å². The van der Waals surface area contributed by atoms with Gasteiger partial charge in [-0.05, 0) is 19.9 Å². The molecule has 0 saturated carbocycles. The molecule has 0 fully saturated rings. The van der Waals surface area contributed by atoms with E-state index in [1.807, 2.05) is 18.7 Å². The summed E-state index contributed by atoms with van der Waals surface area (Å²) in [5.41, 5.74) is 2.42. The molecule has 1 aromatic rings. The van der Waals surface area contributed by atoms with Crippen LogP contribution in [0.25, 0.3) is 0 Å². The predicted molar refractivity (Wildman–Crippen MR) is 49.9 cm³/mol. The lowest BCUT2D eigenvalue weighted by Crippen LogP contribution is -2.13. The van der Waals surface area contributed by atoms with Gasteiger partial charge in [0.05, 0.1) is 5.69 Å². The van der Waals surface area contributed by atoms with E-state index in [9.17, 15) is 0 Å². The van der Waals surface area contributed by atoms with Gasteiger partial charge in [-0.3, -0.25) is 4.68 Å². The molecular formula is C9H17N3. The van der Waals surface area contributed by atoms with Crippen molar-refractivity contribution in [3.05, 3.63) is 17.5 Å². The first-order chi connectivity index (χ1) is 5.74. The molecule has 3 nitrogen and oxygen atoms in total. The molecule has 0 amide bonds. The van der Waals surface area contributed by atoms with Crippen molar-refractivity contribution >= 4 is 0 Å². The molecule has 0 radical (unpaired) electrons. The maximum absolute atomic E-state index is 4.27. The van der Waals surface area contributed by atoms with Gasteiger partial charge < -0.3 is 5.32 Å². The molecule has 0 aliphatic rings. The summed E-state index contributed by atoms with van der Waals surface area (Å²) in [4.78, 5) is 0. The second kappa shape index (κ2) is 4.26. The van der Waals surface area contributed by atoms with E-state index in [0.717, 1.165) is 18.8 Å². The maximum Gasteiger partial charge on any atom is 0.0638 e. The van der Waals surface area contributed by atoms with Crippen LogP contribution in [0.3, 0.4) is 0 Å². The van der Waals surface area contributed by atoms with Crippen molar-refractivity contribution in [2.75, 3.05) is 6.54 Å². The molecule has 0 bridgehead atoms. The topological polar surface area (TPSA) is 29.9 Å². The van der Waals surface area contributed by atoms with Crippen molar-refractivity contribution in [2.24, 2.45) is 7.05 Å². The highest BCUT2D eigenvalue weighted by atomic mass is 15.2. The minimum absolute atomic E-state index is 0.938. The highest BCUT2D eigenvalue weighted by molar-refractivity contribution is 5.14. The average Bonchev–Trinajstić information content (AvgIpc) is 2.31. The van der Waals surface area contributed by atoms with Crippen LogP contribution in [0.15, 0.2) is 6.20 Å². The summed E-state index contributed by atoms with van der Waals surface area (Å²) in [5.74, 6) is 0. The monoisotopic (exact) mass is 167 g/mol. The first-order valence-corrected chi connectivity index (χ1v) is 4.44. The van der Waals surface area contributed by atoms with Gasteiger partial charge in [-0.25, -0.2) is 0 Å². The second-order valence-corrected chi connectivity index (χ2v) is 3.09. The molecular weight excluding hydrogens is 150 g/mol. The van der Waals surface area contributed by atoms with Crippen molar-refractivity contribution in [3.8, 4) is 0 Å². The number of aryl methyl sites for hydroxylation is 2. The van der Waals surface area contributed by atoms with Crippen LogP contribution in [-0.4, -0.2) is 16.3 Å². The largest absolute Gasteiger partial charge is 0.313 e. The number of nitrogens with zero attached hydrogens (tertiary/aromatic N) is 2. The standard InChI is InChI=1S/C9H17N3/c1-4-5-10-6-9-7-12(3)11-8(9)2/h7,10H,4-6H2,1-3H3. The van der Waals surface area contributed by atoms with Crippen molar-refractivity contribution < 1.29 is 0 Å². The van der Waals surface area contributed by atoms with Gasteiger partial charge >= 0.3 is 0 Å². The zero-order valence-corrected chi connectivity index (χ0v) is 8.09. The summed E-state index contributed by atoms with van der Waals surface area (Å²) >= 11 is 0. The minimum atomic E-state index is 0.938. The smallest absolute Gasteiger partial charge is 0.0638 e. The van der Waals surface area contributed by atoms with Crippen LogP contribution in [0.1, 0.15) is 24.6 Å². The molecule has 1 N–H and O–H groups in total. The molecule has 12 heavy (non-hydrogen) atoms. The Morgan fingerprint density at radius 2 is 2.33 bits per heavy atom. The van der Waals surface area contributed by atoms with E-state index >= 15 is 0 Å². The highest BCUT2D eigenvalue weighted by Gasteiger charge is 2.00. The Bertz CT molecular complexity index is 240. The van der Waals surface area contributed by atoms with E-state index in [1.165, 1.54) is 12.0 Å². The van der Waals surface area contributed by atoms with E-state index in [-0.39, 0.29) is 0 Å². The van der Waals surface area contributed by atoms with Crippen LogP contribution in [0, 0.1) is 6.92 Å². The molecule has 3 heteroatoms. The quantitative estimate of drug-likeness (QED) is 0.683. The Morgan fingerprint density at radius 3 is 2.83 bits per heavy atom. The molecule has 0 aliphatic heterocycles. The van der Waals surface area contributed by atoms with Crippen LogP contribution in [0.4, 0.5) is 0 Å². The maximum atomic E-state index is 4.27. The predicted octanol–water partition coefficient (Wildman–Crippen LogP) is 1.23. The molecule has 0 atom stereocenters. The fraction of sp³-hybridized carbons (Fsp3) is 0.667. The fourth-order valence-electron chi connectivity index (χ4n) is 1.22. The average molecular weight is 167 g/mol. The van der Waals surface area contributed by atoms with E-state index in [1.54, 1.807) is 0 Å². The Balaban J connectivity index is 2.45. The van der Waals surface area contributed by atoms with Crippen molar-refractivity contribution in [1.29, 1.82) is 0 Å². The molecule has 0 aliphatic carbocycles. The van der Waals surface area contributed by atoms with Gasteiger partial charge in [0, 0.05) is 25.4 Å². The van der Waals surface area contributed by atoms with Gasteiger partial charge in [-0.1, -0.05) is 6.92 Å². The third kappa shape index (κ3) is 2.34. The number of hydrogen-bond donors (Lipinski definition) is 1. The zero-order chi connectivity index (χ0) is 8.97. The molecule has 1 heterocycles. The summed E-state index contributed by atoms with van der Waals surface area (Å²) in [6, 6.07) is 0. The summed E-state index contributed by atoms with van der Waals surface area (Å²) in [6.45, 7) is 6.23. The summed E-state index contributed by atoms with van der Waals surface area (Å²) < 4.78 is 1.86. The Labute approximate surface area is 73.8 Å². The van der Waals surface area contributed by atoms with Crippen LogP contribution in [0.5, 0.6) is 0 Å². The third-order valence-corrected chi connectivity index (χ3v) is 1.86. The summed E-state index contributed by atoms with van der Waals surface area (Å²) in [5, 5.41) is 7.62. The number of aromatic nitrogens is 2. The molecule has 0 spiro atoms. The highest BCUT2D eigenvalue weighted by Crippen LogP contribution is 2.03. The van der Waals surface area contributed by atoms with Gasteiger partial charge in [0.1, 0.15) is 0 Å². The van der Waals surface area contributed by atoms with E-state index in [2.05, 4.69) is 23.5 Å². The number of rotatable bonds is 4. The van der Waals surface area contributed by atoms with Gasteiger partial charge in [-0.15, -0.1) is 0 Å². The molecule has 0 saturated heterocycles. The normalized spacial score (nSPS) is 10.6. The van der Waals surface area contributed by atoms with Gasteiger partial charge in [0.2, 0.25) is 0 Å². The number of nitrogens with one attached hydrogen (secondary N) is 1. The lowest BCUT2D eigenvalue weighted by atomic mass is 10.2. The lowest BCUT2D eigenvalue weighted by molar-refractivity contribution is 0.673. The number of hydrogen-bond acceptors (Lipinski definition) is 2.